The first-order valence-corrected chi connectivity index (χ1v) is 9.09. The minimum atomic E-state index is -0.318. The number of carbonyl (C=O) groups excluding carboxylic acids is 2. The Labute approximate surface area is 141 Å². The van der Waals surface area contributed by atoms with E-state index < -0.39 is 0 Å². The Bertz CT molecular complexity index is 633. The maximum Gasteiger partial charge on any atom is 0.283 e. The van der Waals surface area contributed by atoms with E-state index in [1.54, 1.807) is 0 Å². The van der Waals surface area contributed by atoms with Crippen molar-refractivity contribution < 1.29 is 9.59 Å². The van der Waals surface area contributed by atoms with Crippen LogP contribution in [0.25, 0.3) is 0 Å². The minimum Gasteiger partial charge on any atom is -0.350 e. The molecule has 1 fully saturated rings. The summed E-state index contributed by atoms with van der Waals surface area (Å²) >= 11 is 1.40. The standard InChI is InChI=1S/C18H22N2O2S/c1-11-6-5-8-13(12(11)2)19-17(21)10-16-18(22)20-14-7-3-4-9-15(14)23-16/h3-4,7,9-13,15H,5-6,8H2,1-2H3,(H,19,21)/b16-10-. The average Bonchev–Trinajstić information content (AvgIpc) is 2.52. The Morgan fingerprint density at radius 3 is 3.00 bits per heavy atom. The fourth-order valence-electron chi connectivity index (χ4n) is 3.30. The van der Waals surface area contributed by atoms with Gasteiger partial charge in [-0.3, -0.25) is 9.59 Å². The highest BCUT2D eigenvalue weighted by Gasteiger charge is 2.29. The molecule has 0 aromatic rings. The number of carbonyl (C=O) groups is 2. The molecule has 1 N–H and O–H groups in total. The molecule has 0 radical (unpaired) electrons. The van der Waals surface area contributed by atoms with E-state index in [4.69, 9.17) is 0 Å². The van der Waals surface area contributed by atoms with Gasteiger partial charge >= 0.3 is 0 Å². The lowest BCUT2D eigenvalue weighted by molar-refractivity contribution is -0.118. The number of nitrogens with one attached hydrogen (secondary N) is 1. The van der Waals surface area contributed by atoms with Crippen molar-refractivity contribution in [3.8, 4) is 0 Å². The van der Waals surface area contributed by atoms with Gasteiger partial charge in [0.1, 0.15) is 0 Å². The highest BCUT2D eigenvalue weighted by molar-refractivity contribution is 8.05. The first-order chi connectivity index (χ1) is 11.0. The molecular weight excluding hydrogens is 308 g/mol. The fourth-order valence-corrected chi connectivity index (χ4v) is 4.31. The predicted molar refractivity (Wildman–Crippen MR) is 94.3 cm³/mol. The maximum atomic E-state index is 12.3. The first kappa shape index (κ1) is 16.2. The molecule has 1 saturated carbocycles. The molecule has 2 amide bonds. The van der Waals surface area contributed by atoms with Gasteiger partial charge in [0.2, 0.25) is 5.91 Å². The first-order valence-electron chi connectivity index (χ1n) is 8.21. The number of amides is 2. The second-order valence-electron chi connectivity index (χ2n) is 6.52. The molecule has 122 valence electrons. The lowest BCUT2D eigenvalue weighted by Crippen LogP contribution is -2.43. The number of allylic oxidation sites excluding steroid dienone is 3. The van der Waals surface area contributed by atoms with Crippen molar-refractivity contribution in [3.63, 3.8) is 0 Å². The van der Waals surface area contributed by atoms with E-state index in [-0.39, 0.29) is 23.1 Å². The largest absolute Gasteiger partial charge is 0.350 e. The average molecular weight is 330 g/mol. The molecule has 0 aromatic carbocycles. The van der Waals surface area contributed by atoms with Gasteiger partial charge in [0, 0.05) is 12.1 Å². The lowest BCUT2D eigenvalue weighted by atomic mass is 9.78. The molecule has 1 aliphatic heterocycles. The van der Waals surface area contributed by atoms with Crippen LogP contribution in [0.5, 0.6) is 0 Å². The van der Waals surface area contributed by atoms with E-state index in [0.29, 0.717) is 16.7 Å². The third-order valence-corrected chi connectivity index (χ3v) is 6.15. The van der Waals surface area contributed by atoms with Crippen molar-refractivity contribution in [2.75, 3.05) is 0 Å². The van der Waals surface area contributed by atoms with Crippen molar-refractivity contribution in [2.45, 2.75) is 44.4 Å². The van der Waals surface area contributed by atoms with Crippen LogP contribution in [-0.4, -0.2) is 28.8 Å². The monoisotopic (exact) mass is 330 g/mol. The number of hydrogen-bond acceptors (Lipinski definition) is 3. The number of aliphatic imine (C=N–C) groups is 1. The van der Waals surface area contributed by atoms with E-state index in [1.165, 1.54) is 24.3 Å². The van der Waals surface area contributed by atoms with E-state index in [9.17, 15) is 9.59 Å². The summed E-state index contributed by atoms with van der Waals surface area (Å²) in [6.45, 7) is 4.43. The highest BCUT2D eigenvalue weighted by atomic mass is 32.2. The Kier molecular flexibility index (Phi) is 4.85. The Hall–Kier alpha value is -1.62. The predicted octanol–water partition coefficient (Wildman–Crippen LogP) is 3.02. The van der Waals surface area contributed by atoms with Gasteiger partial charge in [-0.05, 0) is 24.3 Å². The van der Waals surface area contributed by atoms with Crippen LogP contribution in [0.1, 0.15) is 33.1 Å². The number of thioether (sulfide) groups is 1. The SMILES string of the molecule is CC1CCCC(NC(=O)/C=C2\SC3C=CC=CC3=NC2=O)C1C. The normalized spacial score (nSPS) is 35.0. The second-order valence-corrected chi connectivity index (χ2v) is 7.70. The number of rotatable bonds is 2. The molecule has 0 aromatic heterocycles. The summed E-state index contributed by atoms with van der Waals surface area (Å²) in [5, 5.41) is 3.11. The zero-order valence-corrected chi connectivity index (χ0v) is 14.3. The van der Waals surface area contributed by atoms with Crippen LogP contribution in [0, 0.1) is 11.8 Å². The topological polar surface area (TPSA) is 58.5 Å². The van der Waals surface area contributed by atoms with Crippen molar-refractivity contribution in [1.29, 1.82) is 0 Å². The fraction of sp³-hybridized carbons (Fsp3) is 0.500. The van der Waals surface area contributed by atoms with Gasteiger partial charge in [-0.15, -0.1) is 11.8 Å². The van der Waals surface area contributed by atoms with Crippen LogP contribution in [0.2, 0.25) is 0 Å². The third-order valence-electron chi connectivity index (χ3n) is 4.95. The zero-order valence-electron chi connectivity index (χ0n) is 13.5. The molecule has 4 unspecified atom stereocenters. The smallest absolute Gasteiger partial charge is 0.283 e. The summed E-state index contributed by atoms with van der Waals surface area (Å²) in [5.74, 6) is 0.595. The van der Waals surface area contributed by atoms with Crippen LogP contribution in [0.4, 0.5) is 0 Å². The summed E-state index contributed by atoms with van der Waals surface area (Å²) in [7, 11) is 0. The molecule has 4 nitrogen and oxygen atoms in total. The Morgan fingerprint density at radius 2 is 2.17 bits per heavy atom. The molecule has 2 aliphatic carbocycles. The summed E-state index contributed by atoms with van der Waals surface area (Å²) in [6, 6.07) is 0.198. The van der Waals surface area contributed by atoms with Crippen LogP contribution in [0.3, 0.4) is 0 Å². The van der Waals surface area contributed by atoms with E-state index in [1.807, 2.05) is 24.3 Å². The number of hydrogen-bond donors (Lipinski definition) is 1. The third kappa shape index (κ3) is 3.66. The molecule has 3 aliphatic rings. The van der Waals surface area contributed by atoms with Crippen LogP contribution < -0.4 is 5.32 Å². The number of fused-ring (bicyclic) bond motifs is 1. The molecule has 0 saturated heterocycles. The quantitative estimate of drug-likeness (QED) is 0.792. The molecule has 0 bridgehead atoms. The molecule has 0 spiro atoms. The maximum absolute atomic E-state index is 12.3. The molecular formula is C18H22N2O2S. The zero-order chi connectivity index (χ0) is 16.4. The Balaban J connectivity index is 1.68. The summed E-state index contributed by atoms with van der Waals surface area (Å²) in [4.78, 5) is 28.9. The molecule has 23 heavy (non-hydrogen) atoms. The van der Waals surface area contributed by atoms with E-state index in [0.717, 1.165) is 18.6 Å². The lowest BCUT2D eigenvalue weighted by Gasteiger charge is -2.34. The molecule has 4 atom stereocenters. The highest BCUT2D eigenvalue weighted by Crippen LogP contribution is 2.32. The number of nitrogens with zero attached hydrogens (tertiary/aromatic N) is 1. The Morgan fingerprint density at radius 1 is 1.35 bits per heavy atom. The molecule has 3 rings (SSSR count). The van der Waals surface area contributed by atoms with Gasteiger partial charge in [0.25, 0.3) is 5.91 Å². The summed E-state index contributed by atoms with van der Waals surface area (Å²) in [6.07, 6.45) is 12.5. The van der Waals surface area contributed by atoms with Crippen molar-refractivity contribution in [1.82, 2.24) is 5.32 Å². The minimum absolute atomic E-state index is 0.0328. The van der Waals surface area contributed by atoms with Gasteiger partial charge in [0.15, 0.2) is 0 Å². The van der Waals surface area contributed by atoms with Crippen LogP contribution >= 0.6 is 11.8 Å². The van der Waals surface area contributed by atoms with E-state index >= 15 is 0 Å². The molecule has 5 heteroatoms. The van der Waals surface area contributed by atoms with Gasteiger partial charge in [0.05, 0.1) is 15.9 Å². The second kappa shape index (κ2) is 6.87. The van der Waals surface area contributed by atoms with Crippen molar-refractivity contribution in [2.24, 2.45) is 16.8 Å². The van der Waals surface area contributed by atoms with Gasteiger partial charge in [-0.1, -0.05) is 44.9 Å². The van der Waals surface area contributed by atoms with Crippen LogP contribution in [-0.2, 0) is 9.59 Å². The van der Waals surface area contributed by atoms with Crippen molar-refractivity contribution in [3.05, 3.63) is 35.3 Å². The molecule has 1 heterocycles. The van der Waals surface area contributed by atoms with Gasteiger partial charge < -0.3 is 5.32 Å². The van der Waals surface area contributed by atoms with Gasteiger partial charge in [-0.2, -0.15) is 0 Å². The van der Waals surface area contributed by atoms with Gasteiger partial charge in [-0.25, -0.2) is 4.99 Å². The van der Waals surface area contributed by atoms with Crippen LogP contribution in [0.15, 0.2) is 40.3 Å². The summed E-state index contributed by atoms with van der Waals surface area (Å²) < 4.78 is 0. The summed E-state index contributed by atoms with van der Waals surface area (Å²) in [5.41, 5.74) is 0.759. The van der Waals surface area contributed by atoms with E-state index in [2.05, 4.69) is 24.2 Å². The van der Waals surface area contributed by atoms with Crippen molar-refractivity contribution >= 4 is 29.3 Å².